The first-order valence-corrected chi connectivity index (χ1v) is 12.2. The van der Waals surface area contributed by atoms with Gasteiger partial charge in [-0.3, -0.25) is 19.3 Å². The van der Waals surface area contributed by atoms with E-state index >= 15 is 0 Å². The third kappa shape index (κ3) is 2.90. The zero-order valence-corrected chi connectivity index (χ0v) is 20.9. The Hall–Kier alpha value is -4.17. The number of para-hydroxylation sites is 1. The number of hydrogen-bond donors (Lipinski definition) is 1. The molecular weight excluding hydrogens is 470 g/mol. The lowest BCUT2D eigenvalue weighted by atomic mass is 9.60. The maximum absolute atomic E-state index is 14.7. The summed E-state index contributed by atoms with van der Waals surface area (Å²) in [6.07, 6.45) is -0.0966. The van der Waals surface area contributed by atoms with E-state index in [1.165, 1.54) is 4.90 Å². The Morgan fingerprint density at radius 3 is 2.14 bits per heavy atom. The van der Waals surface area contributed by atoms with Crippen LogP contribution < -0.4 is 19.7 Å². The molecule has 3 heterocycles. The molecule has 188 valence electrons. The highest BCUT2D eigenvalue weighted by molar-refractivity contribution is 6.26. The summed E-state index contributed by atoms with van der Waals surface area (Å²) < 4.78 is 10.6. The van der Waals surface area contributed by atoms with Crippen molar-refractivity contribution in [2.24, 2.45) is 5.41 Å². The molecule has 3 atom stereocenters. The molecule has 3 amide bonds. The molecule has 3 aromatic rings. The quantitative estimate of drug-likeness (QED) is 0.555. The van der Waals surface area contributed by atoms with Gasteiger partial charge in [0.1, 0.15) is 17.0 Å². The van der Waals surface area contributed by atoms with Crippen molar-refractivity contribution in [2.75, 3.05) is 38.0 Å². The molecule has 0 unspecified atom stereocenters. The van der Waals surface area contributed by atoms with E-state index in [0.29, 0.717) is 29.4 Å². The summed E-state index contributed by atoms with van der Waals surface area (Å²) in [6.45, 7) is 0.420. The van der Waals surface area contributed by atoms with Crippen molar-refractivity contribution in [1.82, 2.24) is 4.90 Å². The number of carbonyl (C=O) groups is 3. The minimum Gasteiger partial charge on any atom is -0.497 e. The van der Waals surface area contributed by atoms with Crippen molar-refractivity contribution in [3.8, 4) is 11.5 Å². The number of ether oxygens (including phenoxy) is 2. The van der Waals surface area contributed by atoms with Crippen LogP contribution in [0.1, 0.15) is 23.5 Å². The molecule has 6 rings (SSSR count). The fourth-order valence-corrected chi connectivity index (χ4v) is 6.70. The van der Waals surface area contributed by atoms with Crippen LogP contribution in [0.25, 0.3) is 0 Å². The molecule has 3 aliphatic heterocycles. The Morgan fingerprint density at radius 1 is 0.865 bits per heavy atom. The van der Waals surface area contributed by atoms with Gasteiger partial charge < -0.3 is 14.8 Å². The first-order valence-electron chi connectivity index (χ1n) is 12.2. The number of imide groups is 1. The van der Waals surface area contributed by atoms with Crippen molar-refractivity contribution < 1.29 is 23.9 Å². The number of rotatable bonds is 4. The van der Waals surface area contributed by atoms with Crippen LogP contribution in [0, 0.1) is 5.41 Å². The SMILES string of the molecule is COc1ccc([C@H]2CN(C)[C@@]3(C(=O)Nc4ccccc43)[C@@]23CC(=O)N(c2ccc(OC)cc2)C3=O)cc1. The number of nitrogens with one attached hydrogen (secondary N) is 1. The van der Waals surface area contributed by atoms with Crippen molar-refractivity contribution in [3.63, 3.8) is 0 Å². The van der Waals surface area contributed by atoms with Crippen LogP contribution in [0.15, 0.2) is 72.8 Å². The van der Waals surface area contributed by atoms with Crippen molar-refractivity contribution in [2.45, 2.75) is 17.9 Å². The second-order valence-electron chi connectivity index (χ2n) is 9.80. The summed E-state index contributed by atoms with van der Waals surface area (Å²) in [5.74, 6) is -0.100. The first kappa shape index (κ1) is 23.2. The Labute approximate surface area is 214 Å². The molecule has 2 saturated heterocycles. The minimum absolute atomic E-state index is 0.0966. The van der Waals surface area contributed by atoms with E-state index in [-0.39, 0.29) is 24.1 Å². The summed E-state index contributed by atoms with van der Waals surface area (Å²) in [6, 6.07) is 21.8. The van der Waals surface area contributed by atoms with Gasteiger partial charge >= 0.3 is 0 Å². The van der Waals surface area contributed by atoms with E-state index in [4.69, 9.17) is 9.47 Å². The molecule has 2 fully saturated rings. The second-order valence-corrected chi connectivity index (χ2v) is 9.80. The maximum Gasteiger partial charge on any atom is 0.250 e. The van der Waals surface area contributed by atoms with Crippen LogP contribution in [-0.2, 0) is 19.9 Å². The van der Waals surface area contributed by atoms with E-state index in [2.05, 4.69) is 5.32 Å². The summed E-state index contributed by atoms with van der Waals surface area (Å²) in [5.41, 5.74) is 0.0112. The Morgan fingerprint density at radius 2 is 1.49 bits per heavy atom. The number of benzene rings is 3. The molecule has 0 radical (unpaired) electrons. The number of methoxy groups -OCH3 is 2. The highest BCUT2D eigenvalue weighted by Crippen LogP contribution is 2.66. The van der Waals surface area contributed by atoms with E-state index in [1.54, 1.807) is 38.5 Å². The number of hydrogen-bond acceptors (Lipinski definition) is 6. The molecule has 0 bridgehead atoms. The monoisotopic (exact) mass is 497 g/mol. The van der Waals surface area contributed by atoms with Gasteiger partial charge in [-0.05, 0) is 55.1 Å². The molecule has 8 nitrogen and oxygen atoms in total. The van der Waals surface area contributed by atoms with Crippen LogP contribution in [0.2, 0.25) is 0 Å². The van der Waals surface area contributed by atoms with Crippen LogP contribution in [0.5, 0.6) is 11.5 Å². The molecule has 0 saturated carbocycles. The molecule has 0 aliphatic carbocycles. The highest BCUT2D eigenvalue weighted by atomic mass is 16.5. The summed E-state index contributed by atoms with van der Waals surface area (Å²) in [5, 5.41) is 3.01. The van der Waals surface area contributed by atoms with Gasteiger partial charge in [-0.25, -0.2) is 4.90 Å². The van der Waals surface area contributed by atoms with Crippen LogP contribution in [-0.4, -0.2) is 50.4 Å². The van der Waals surface area contributed by atoms with Gasteiger partial charge in [-0.15, -0.1) is 0 Å². The number of carbonyl (C=O) groups excluding carboxylic acids is 3. The molecule has 3 aliphatic rings. The Kier molecular flexibility index (Phi) is 5.14. The third-order valence-electron chi connectivity index (χ3n) is 8.28. The Bertz CT molecular complexity index is 1420. The highest BCUT2D eigenvalue weighted by Gasteiger charge is 2.77. The van der Waals surface area contributed by atoms with Crippen LogP contribution in [0.4, 0.5) is 11.4 Å². The second kappa shape index (κ2) is 8.18. The largest absolute Gasteiger partial charge is 0.497 e. The zero-order valence-electron chi connectivity index (χ0n) is 20.9. The fourth-order valence-electron chi connectivity index (χ4n) is 6.70. The molecular formula is C29H27N3O5. The number of fused-ring (bicyclic) bond motifs is 3. The average molecular weight is 498 g/mol. The predicted molar refractivity (Wildman–Crippen MR) is 138 cm³/mol. The van der Waals surface area contributed by atoms with Crippen molar-refractivity contribution >= 4 is 29.1 Å². The number of likely N-dealkylation sites (tertiary alicyclic amines) is 1. The first-order chi connectivity index (χ1) is 17.9. The van der Waals surface area contributed by atoms with Gasteiger partial charge in [0.05, 0.1) is 25.3 Å². The summed E-state index contributed by atoms with van der Waals surface area (Å²) in [7, 11) is 5.02. The lowest BCUT2D eigenvalue weighted by Crippen LogP contribution is -2.58. The molecule has 37 heavy (non-hydrogen) atoms. The van der Waals surface area contributed by atoms with Gasteiger partial charge in [0.25, 0.3) is 5.91 Å². The topological polar surface area (TPSA) is 88.2 Å². The molecule has 8 heteroatoms. The zero-order chi connectivity index (χ0) is 25.9. The lowest BCUT2D eigenvalue weighted by Gasteiger charge is -2.42. The average Bonchev–Trinajstić information content (AvgIpc) is 3.47. The number of anilines is 2. The third-order valence-corrected chi connectivity index (χ3v) is 8.28. The maximum atomic E-state index is 14.7. The predicted octanol–water partition coefficient (Wildman–Crippen LogP) is 3.53. The molecule has 3 aromatic carbocycles. The van der Waals surface area contributed by atoms with E-state index in [1.807, 2.05) is 60.5 Å². The lowest BCUT2D eigenvalue weighted by molar-refractivity contribution is -0.142. The molecule has 1 N–H and O–H groups in total. The minimum atomic E-state index is -1.36. The normalized spacial score (nSPS) is 26.7. The summed E-state index contributed by atoms with van der Waals surface area (Å²) in [4.78, 5) is 45.7. The smallest absolute Gasteiger partial charge is 0.250 e. The number of likely N-dealkylation sites (N-methyl/N-ethyl adjacent to an activating group) is 1. The van der Waals surface area contributed by atoms with Gasteiger partial charge in [0.15, 0.2) is 0 Å². The van der Waals surface area contributed by atoms with Gasteiger partial charge in [0.2, 0.25) is 11.8 Å². The molecule has 2 spiro atoms. The molecule has 0 aromatic heterocycles. The number of nitrogens with zero attached hydrogens (tertiary/aromatic N) is 2. The standard InChI is InChI=1S/C29H27N3O5/c1-31-17-23(18-8-12-20(36-2)13-9-18)28(29(31)22-6-4-5-7-24(22)30-26(29)34)16-25(33)32(27(28)35)19-10-14-21(37-3)15-11-19/h4-15,23H,16-17H2,1-3H3,(H,30,34)/t23-,28+,29+/m1/s1. The van der Waals surface area contributed by atoms with Gasteiger partial charge in [0, 0.05) is 30.1 Å². The fraction of sp³-hybridized carbons (Fsp3) is 0.276. The van der Waals surface area contributed by atoms with Crippen molar-refractivity contribution in [3.05, 3.63) is 83.9 Å². The van der Waals surface area contributed by atoms with E-state index < -0.39 is 16.9 Å². The van der Waals surface area contributed by atoms with Gasteiger partial charge in [-0.1, -0.05) is 30.3 Å². The van der Waals surface area contributed by atoms with Crippen LogP contribution in [0.3, 0.4) is 0 Å². The summed E-state index contributed by atoms with van der Waals surface area (Å²) >= 11 is 0. The van der Waals surface area contributed by atoms with E-state index in [0.717, 1.165) is 11.1 Å². The van der Waals surface area contributed by atoms with Gasteiger partial charge in [-0.2, -0.15) is 0 Å². The van der Waals surface area contributed by atoms with Crippen LogP contribution >= 0.6 is 0 Å². The van der Waals surface area contributed by atoms with E-state index in [9.17, 15) is 14.4 Å². The van der Waals surface area contributed by atoms with Crippen molar-refractivity contribution in [1.29, 1.82) is 0 Å². The Balaban J connectivity index is 1.58. The number of amides is 3.